The molecule has 30 heavy (non-hydrogen) atoms. The van der Waals surface area contributed by atoms with Crippen LogP contribution in [0.2, 0.25) is 0 Å². The zero-order valence-corrected chi connectivity index (χ0v) is 17.9. The van der Waals surface area contributed by atoms with Crippen molar-refractivity contribution in [2.24, 2.45) is 5.73 Å². The molecule has 1 spiro atoms. The highest BCUT2D eigenvalue weighted by Gasteiger charge is 2.62. The Morgan fingerprint density at radius 2 is 1.77 bits per heavy atom. The molecule has 0 saturated carbocycles. The monoisotopic (exact) mass is 414 g/mol. The molecule has 3 rings (SSSR count). The van der Waals surface area contributed by atoms with Gasteiger partial charge >= 0.3 is 11.9 Å². The number of carbonyl (C=O) groups is 3. The second-order valence-electron chi connectivity index (χ2n) is 8.48. The van der Waals surface area contributed by atoms with E-state index in [9.17, 15) is 14.4 Å². The number of nitrogens with two attached hydrogens (primary N) is 1. The first-order valence-electron chi connectivity index (χ1n) is 9.64. The number of anilines is 1. The zero-order chi connectivity index (χ0) is 22.4. The molecule has 8 heteroatoms. The molecule has 8 nitrogen and oxygen atoms in total. The Hall–Kier alpha value is -3.29. The van der Waals surface area contributed by atoms with Crippen LogP contribution in [0.15, 0.2) is 47.1 Å². The van der Waals surface area contributed by atoms with E-state index in [4.69, 9.17) is 19.9 Å². The second kappa shape index (κ2) is 7.19. The quantitative estimate of drug-likeness (QED) is 0.730. The first-order valence-corrected chi connectivity index (χ1v) is 9.64. The maximum atomic E-state index is 13.5. The van der Waals surface area contributed by atoms with Gasteiger partial charge in [0.15, 0.2) is 0 Å². The third-order valence-corrected chi connectivity index (χ3v) is 4.68. The Balaban J connectivity index is 2.33. The standard InChI is InChI=1S/C22H26N2O6/c1-11(2)28-18(25)15-12(3)29-17(23)16(19(26)30-21(4,5)6)22(15)13-9-7-8-10-14(13)24-20(22)27/h7-11H,23H2,1-6H3,(H,24,27). The Kier molecular flexibility index (Phi) is 5.14. The van der Waals surface area contributed by atoms with Gasteiger partial charge in [-0.25, -0.2) is 9.59 Å². The van der Waals surface area contributed by atoms with Crippen molar-refractivity contribution in [1.29, 1.82) is 0 Å². The molecule has 1 atom stereocenters. The van der Waals surface area contributed by atoms with Gasteiger partial charge in [-0.3, -0.25) is 4.79 Å². The van der Waals surface area contributed by atoms with Gasteiger partial charge in [0, 0.05) is 11.3 Å². The molecular formula is C22H26N2O6. The number of allylic oxidation sites excluding steroid dienone is 1. The molecule has 0 aliphatic carbocycles. The minimum atomic E-state index is -1.85. The van der Waals surface area contributed by atoms with Crippen molar-refractivity contribution in [2.75, 3.05) is 5.32 Å². The van der Waals surface area contributed by atoms with Gasteiger partial charge in [-0.15, -0.1) is 0 Å². The van der Waals surface area contributed by atoms with Crippen LogP contribution in [-0.4, -0.2) is 29.6 Å². The van der Waals surface area contributed by atoms with Gasteiger partial charge in [0.2, 0.25) is 11.8 Å². The van der Waals surface area contributed by atoms with Gasteiger partial charge in [-0.05, 0) is 47.6 Å². The molecule has 2 aliphatic rings. The number of ether oxygens (including phenoxy) is 3. The molecule has 1 aromatic rings. The molecule has 2 aliphatic heterocycles. The first-order chi connectivity index (χ1) is 13.9. The van der Waals surface area contributed by atoms with Crippen LogP contribution in [0, 0.1) is 0 Å². The van der Waals surface area contributed by atoms with E-state index in [0.717, 1.165) is 0 Å². The Bertz CT molecular complexity index is 999. The van der Waals surface area contributed by atoms with E-state index in [1.807, 2.05) is 0 Å². The molecule has 1 amide bonds. The van der Waals surface area contributed by atoms with E-state index in [0.29, 0.717) is 11.3 Å². The Labute approximate surface area is 175 Å². The van der Waals surface area contributed by atoms with Gasteiger partial charge in [0.1, 0.15) is 27.9 Å². The third-order valence-electron chi connectivity index (χ3n) is 4.68. The van der Waals surface area contributed by atoms with E-state index < -0.39 is 35.0 Å². The lowest BCUT2D eigenvalue weighted by Gasteiger charge is -2.36. The summed E-state index contributed by atoms with van der Waals surface area (Å²) in [6.07, 6.45) is -0.456. The number of benzene rings is 1. The lowest BCUT2D eigenvalue weighted by molar-refractivity contribution is -0.152. The summed E-state index contributed by atoms with van der Waals surface area (Å²) in [5.41, 5.74) is 3.91. The molecule has 3 N–H and O–H groups in total. The minimum absolute atomic E-state index is 0.0808. The van der Waals surface area contributed by atoms with E-state index in [1.165, 1.54) is 6.92 Å². The van der Waals surface area contributed by atoms with Crippen LogP contribution in [0.4, 0.5) is 5.69 Å². The maximum Gasteiger partial charge on any atom is 0.341 e. The SMILES string of the molecule is CC1=C(C(=O)OC(C)C)C2(C(=O)Nc3ccccc32)C(C(=O)OC(C)(C)C)=C(N)O1. The van der Waals surface area contributed by atoms with E-state index in [2.05, 4.69) is 5.32 Å². The van der Waals surface area contributed by atoms with Crippen molar-refractivity contribution >= 4 is 23.5 Å². The molecule has 2 heterocycles. The van der Waals surface area contributed by atoms with Crippen molar-refractivity contribution in [2.45, 2.75) is 58.7 Å². The van der Waals surface area contributed by atoms with E-state index in [1.54, 1.807) is 58.9 Å². The molecule has 0 fully saturated rings. The van der Waals surface area contributed by atoms with Crippen LogP contribution in [0.25, 0.3) is 0 Å². The van der Waals surface area contributed by atoms with Crippen molar-refractivity contribution < 1.29 is 28.6 Å². The number of nitrogens with one attached hydrogen (secondary N) is 1. The predicted molar refractivity (Wildman–Crippen MR) is 109 cm³/mol. The minimum Gasteiger partial charge on any atom is -0.459 e. The number of para-hydroxylation sites is 1. The first kappa shape index (κ1) is 21.4. The summed E-state index contributed by atoms with van der Waals surface area (Å²) in [5, 5.41) is 2.75. The Morgan fingerprint density at radius 3 is 2.37 bits per heavy atom. The Morgan fingerprint density at radius 1 is 1.13 bits per heavy atom. The van der Waals surface area contributed by atoms with Crippen LogP contribution in [0.1, 0.15) is 47.1 Å². The van der Waals surface area contributed by atoms with Gasteiger partial charge in [0.05, 0.1) is 6.10 Å². The maximum absolute atomic E-state index is 13.5. The van der Waals surface area contributed by atoms with Crippen LogP contribution in [-0.2, 0) is 34.0 Å². The zero-order valence-electron chi connectivity index (χ0n) is 17.9. The van der Waals surface area contributed by atoms with Gasteiger partial charge in [-0.1, -0.05) is 18.2 Å². The summed E-state index contributed by atoms with van der Waals surface area (Å²) < 4.78 is 16.5. The smallest absolute Gasteiger partial charge is 0.341 e. The van der Waals surface area contributed by atoms with Gasteiger partial charge in [0.25, 0.3) is 0 Å². The average molecular weight is 414 g/mol. The number of esters is 2. The van der Waals surface area contributed by atoms with Crippen molar-refractivity contribution in [3.05, 3.63) is 52.6 Å². The van der Waals surface area contributed by atoms with E-state index >= 15 is 0 Å². The second-order valence-corrected chi connectivity index (χ2v) is 8.48. The molecule has 0 bridgehead atoms. The predicted octanol–water partition coefficient (Wildman–Crippen LogP) is 2.64. The number of hydrogen-bond donors (Lipinski definition) is 2. The fourth-order valence-electron chi connectivity index (χ4n) is 3.75. The molecule has 1 unspecified atom stereocenters. The normalized spacial score (nSPS) is 20.8. The summed E-state index contributed by atoms with van der Waals surface area (Å²) >= 11 is 0. The van der Waals surface area contributed by atoms with Crippen molar-refractivity contribution in [1.82, 2.24) is 0 Å². The highest BCUT2D eigenvalue weighted by Crippen LogP contribution is 2.52. The average Bonchev–Trinajstić information content (AvgIpc) is 2.85. The molecule has 0 aromatic heterocycles. The summed E-state index contributed by atoms with van der Waals surface area (Å²) in [5.74, 6) is -2.45. The summed E-state index contributed by atoms with van der Waals surface area (Å²) in [6, 6.07) is 6.79. The summed E-state index contributed by atoms with van der Waals surface area (Å²) in [7, 11) is 0. The van der Waals surface area contributed by atoms with Crippen LogP contribution in [0.3, 0.4) is 0 Å². The van der Waals surface area contributed by atoms with Crippen molar-refractivity contribution in [3.63, 3.8) is 0 Å². The molecule has 0 radical (unpaired) electrons. The molecule has 0 saturated heterocycles. The molecular weight excluding hydrogens is 388 g/mol. The number of carbonyl (C=O) groups excluding carboxylic acids is 3. The number of amides is 1. The van der Waals surface area contributed by atoms with Crippen LogP contribution in [0.5, 0.6) is 0 Å². The number of hydrogen-bond acceptors (Lipinski definition) is 7. The fraction of sp³-hybridized carbons (Fsp3) is 0.409. The number of fused-ring (bicyclic) bond motifs is 2. The van der Waals surface area contributed by atoms with Gasteiger partial charge < -0.3 is 25.3 Å². The fourth-order valence-corrected chi connectivity index (χ4v) is 3.75. The third kappa shape index (κ3) is 3.32. The largest absolute Gasteiger partial charge is 0.459 e. The molecule has 1 aromatic carbocycles. The molecule has 160 valence electrons. The highest BCUT2D eigenvalue weighted by molar-refractivity contribution is 6.21. The van der Waals surface area contributed by atoms with Crippen LogP contribution >= 0.6 is 0 Å². The van der Waals surface area contributed by atoms with Gasteiger partial charge in [-0.2, -0.15) is 0 Å². The lowest BCUT2D eigenvalue weighted by Crippen LogP contribution is -2.49. The number of rotatable bonds is 3. The van der Waals surface area contributed by atoms with Crippen LogP contribution < -0.4 is 11.1 Å². The van der Waals surface area contributed by atoms with Crippen molar-refractivity contribution in [3.8, 4) is 0 Å². The topological polar surface area (TPSA) is 117 Å². The summed E-state index contributed by atoms with van der Waals surface area (Å²) in [6.45, 7) is 9.95. The highest BCUT2D eigenvalue weighted by atomic mass is 16.6. The lowest BCUT2D eigenvalue weighted by atomic mass is 9.67. The summed E-state index contributed by atoms with van der Waals surface area (Å²) in [4.78, 5) is 39.9. The van der Waals surface area contributed by atoms with E-state index in [-0.39, 0.29) is 22.8 Å².